The molecular formula is C15H25BrN2. The van der Waals surface area contributed by atoms with Crippen LogP contribution in [0.4, 0.5) is 0 Å². The number of halogens is 1. The summed E-state index contributed by atoms with van der Waals surface area (Å²) in [4.78, 5) is 0. The smallest absolute Gasteiger partial charge is 0.0460 e. The molecule has 1 rings (SSSR count). The molecule has 0 fully saturated rings. The second kappa shape index (κ2) is 9.54. The molecule has 3 N–H and O–H groups in total. The summed E-state index contributed by atoms with van der Waals surface area (Å²) in [6, 6.07) is 8.68. The highest BCUT2D eigenvalue weighted by atomic mass is 79.9. The van der Waals surface area contributed by atoms with E-state index in [4.69, 9.17) is 5.84 Å². The maximum absolute atomic E-state index is 5.64. The molecule has 0 aromatic heterocycles. The Bertz CT molecular complexity index is 311. The molecular weight excluding hydrogens is 288 g/mol. The molecule has 0 aliphatic heterocycles. The van der Waals surface area contributed by atoms with Crippen LogP contribution in [-0.2, 0) is 0 Å². The second-order valence-corrected chi connectivity index (χ2v) is 5.74. The van der Waals surface area contributed by atoms with Gasteiger partial charge in [-0.25, -0.2) is 0 Å². The van der Waals surface area contributed by atoms with Crippen molar-refractivity contribution in [3.63, 3.8) is 0 Å². The molecule has 0 saturated carbocycles. The Balaban J connectivity index is 2.27. The molecule has 1 atom stereocenters. The summed E-state index contributed by atoms with van der Waals surface area (Å²) in [5.74, 6) is 5.64. The quantitative estimate of drug-likeness (QED) is 0.394. The van der Waals surface area contributed by atoms with Crippen molar-refractivity contribution >= 4 is 15.9 Å². The molecule has 0 bridgehead atoms. The highest BCUT2D eigenvalue weighted by Gasteiger charge is 2.08. The molecule has 0 saturated heterocycles. The van der Waals surface area contributed by atoms with Gasteiger partial charge in [0.15, 0.2) is 0 Å². The molecule has 1 aromatic carbocycles. The van der Waals surface area contributed by atoms with Crippen LogP contribution in [0.5, 0.6) is 0 Å². The van der Waals surface area contributed by atoms with Crippen LogP contribution in [-0.4, -0.2) is 0 Å². The molecule has 0 radical (unpaired) electrons. The lowest BCUT2D eigenvalue weighted by atomic mass is 10.0. The Morgan fingerprint density at radius 1 is 1.06 bits per heavy atom. The summed E-state index contributed by atoms with van der Waals surface area (Å²) in [5, 5.41) is 0. The summed E-state index contributed by atoms with van der Waals surface area (Å²) in [7, 11) is 0. The minimum atomic E-state index is 0.282. The van der Waals surface area contributed by atoms with Gasteiger partial charge in [0, 0.05) is 10.5 Å². The maximum atomic E-state index is 5.64. The van der Waals surface area contributed by atoms with Crippen molar-refractivity contribution in [2.45, 2.75) is 57.9 Å². The minimum Gasteiger partial charge on any atom is -0.271 e. The summed E-state index contributed by atoms with van der Waals surface area (Å²) >= 11 is 3.45. The molecule has 3 heteroatoms. The van der Waals surface area contributed by atoms with E-state index in [0.717, 1.165) is 10.9 Å². The Morgan fingerprint density at radius 3 is 2.28 bits per heavy atom. The van der Waals surface area contributed by atoms with Crippen LogP contribution in [0.15, 0.2) is 28.7 Å². The van der Waals surface area contributed by atoms with E-state index in [1.165, 1.54) is 44.1 Å². The third-order valence-electron chi connectivity index (χ3n) is 3.32. The molecule has 0 aliphatic rings. The van der Waals surface area contributed by atoms with Crippen LogP contribution < -0.4 is 11.3 Å². The molecule has 0 aliphatic carbocycles. The van der Waals surface area contributed by atoms with Crippen molar-refractivity contribution in [1.82, 2.24) is 5.43 Å². The number of hydrogen-bond acceptors (Lipinski definition) is 2. The highest BCUT2D eigenvalue weighted by molar-refractivity contribution is 9.10. The normalized spacial score (nSPS) is 12.6. The van der Waals surface area contributed by atoms with Gasteiger partial charge in [-0.05, 0) is 24.1 Å². The van der Waals surface area contributed by atoms with E-state index in [2.05, 4.69) is 52.5 Å². The molecule has 0 spiro atoms. The standard InChI is InChI=1S/C15H25BrN2/c1-2-3-4-5-6-7-8-15(18-17)13-9-11-14(16)12-10-13/h9-12,15,18H,2-8,17H2,1H3. The highest BCUT2D eigenvalue weighted by Crippen LogP contribution is 2.21. The molecule has 1 unspecified atom stereocenters. The molecule has 102 valence electrons. The van der Waals surface area contributed by atoms with Gasteiger partial charge in [0.2, 0.25) is 0 Å². The Hall–Kier alpha value is -0.380. The number of hydrogen-bond donors (Lipinski definition) is 2. The summed E-state index contributed by atoms with van der Waals surface area (Å²) < 4.78 is 1.11. The van der Waals surface area contributed by atoms with Gasteiger partial charge in [-0.3, -0.25) is 11.3 Å². The molecule has 0 amide bonds. The Morgan fingerprint density at radius 2 is 1.67 bits per heavy atom. The first-order chi connectivity index (χ1) is 8.77. The summed E-state index contributed by atoms with van der Waals surface area (Å²) in [5.41, 5.74) is 4.20. The molecule has 2 nitrogen and oxygen atoms in total. The average molecular weight is 313 g/mol. The fourth-order valence-electron chi connectivity index (χ4n) is 2.17. The fraction of sp³-hybridized carbons (Fsp3) is 0.600. The van der Waals surface area contributed by atoms with Crippen LogP contribution >= 0.6 is 15.9 Å². The zero-order chi connectivity index (χ0) is 13.2. The van der Waals surface area contributed by atoms with Gasteiger partial charge >= 0.3 is 0 Å². The first-order valence-corrected chi connectivity index (χ1v) is 7.78. The van der Waals surface area contributed by atoms with Crippen molar-refractivity contribution < 1.29 is 0 Å². The summed E-state index contributed by atoms with van der Waals surface area (Å²) in [6.45, 7) is 2.25. The van der Waals surface area contributed by atoms with Gasteiger partial charge in [-0.15, -0.1) is 0 Å². The number of nitrogens with two attached hydrogens (primary N) is 1. The Kier molecular flexibility index (Phi) is 8.31. The Labute approximate surface area is 119 Å². The maximum Gasteiger partial charge on any atom is 0.0460 e. The van der Waals surface area contributed by atoms with Gasteiger partial charge in [0.25, 0.3) is 0 Å². The van der Waals surface area contributed by atoms with Crippen LogP contribution in [0, 0.1) is 0 Å². The van der Waals surface area contributed by atoms with Crippen molar-refractivity contribution in [1.29, 1.82) is 0 Å². The van der Waals surface area contributed by atoms with Gasteiger partial charge in [0.05, 0.1) is 0 Å². The van der Waals surface area contributed by atoms with E-state index < -0.39 is 0 Å². The van der Waals surface area contributed by atoms with E-state index in [9.17, 15) is 0 Å². The predicted molar refractivity (Wildman–Crippen MR) is 82.2 cm³/mol. The lowest BCUT2D eigenvalue weighted by Crippen LogP contribution is -2.27. The van der Waals surface area contributed by atoms with Crippen LogP contribution in [0.3, 0.4) is 0 Å². The zero-order valence-electron chi connectivity index (χ0n) is 11.3. The van der Waals surface area contributed by atoms with Gasteiger partial charge < -0.3 is 0 Å². The van der Waals surface area contributed by atoms with Gasteiger partial charge in [0.1, 0.15) is 0 Å². The van der Waals surface area contributed by atoms with Crippen LogP contribution in [0.2, 0.25) is 0 Å². The third-order valence-corrected chi connectivity index (χ3v) is 3.85. The van der Waals surface area contributed by atoms with Crippen molar-refractivity contribution in [3.8, 4) is 0 Å². The van der Waals surface area contributed by atoms with Crippen molar-refractivity contribution in [3.05, 3.63) is 34.3 Å². The van der Waals surface area contributed by atoms with Crippen LogP contribution in [0.25, 0.3) is 0 Å². The topological polar surface area (TPSA) is 38.0 Å². The first-order valence-electron chi connectivity index (χ1n) is 6.99. The second-order valence-electron chi connectivity index (χ2n) is 4.83. The third kappa shape index (κ3) is 5.98. The summed E-state index contributed by atoms with van der Waals surface area (Å²) in [6.07, 6.45) is 9.08. The molecule has 18 heavy (non-hydrogen) atoms. The lowest BCUT2D eigenvalue weighted by Gasteiger charge is -2.16. The van der Waals surface area contributed by atoms with Crippen molar-refractivity contribution in [2.75, 3.05) is 0 Å². The van der Waals surface area contributed by atoms with Gasteiger partial charge in [-0.1, -0.05) is 73.5 Å². The number of unbranched alkanes of at least 4 members (excludes halogenated alkanes) is 5. The minimum absolute atomic E-state index is 0.282. The first kappa shape index (κ1) is 15.7. The SMILES string of the molecule is CCCCCCCCC(NN)c1ccc(Br)cc1. The fourth-order valence-corrected chi connectivity index (χ4v) is 2.43. The van der Waals surface area contributed by atoms with E-state index in [1.807, 2.05) is 0 Å². The predicted octanol–water partition coefficient (Wildman–Crippen LogP) is 4.70. The van der Waals surface area contributed by atoms with E-state index in [0.29, 0.717) is 0 Å². The largest absolute Gasteiger partial charge is 0.271 e. The van der Waals surface area contributed by atoms with E-state index in [1.54, 1.807) is 0 Å². The lowest BCUT2D eigenvalue weighted by molar-refractivity contribution is 0.477. The molecule has 1 aromatic rings. The van der Waals surface area contributed by atoms with E-state index in [-0.39, 0.29) is 6.04 Å². The van der Waals surface area contributed by atoms with Crippen LogP contribution in [0.1, 0.15) is 63.5 Å². The monoisotopic (exact) mass is 312 g/mol. The molecule has 0 heterocycles. The number of nitrogens with one attached hydrogen (secondary N) is 1. The average Bonchev–Trinajstić information content (AvgIpc) is 2.39. The number of benzene rings is 1. The van der Waals surface area contributed by atoms with E-state index >= 15 is 0 Å². The number of rotatable bonds is 9. The van der Waals surface area contributed by atoms with Crippen molar-refractivity contribution in [2.24, 2.45) is 5.84 Å². The van der Waals surface area contributed by atoms with Gasteiger partial charge in [-0.2, -0.15) is 0 Å². The zero-order valence-corrected chi connectivity index (χ0v) is 12.9. The number of hydrazine groups is 1.